The molecule has 3 rings (SSSR count). The van der Waals surface area contributed by atoms with Gasteiger partial charge in [0.2, 0.25) is 0 Å². The molecule has 0 saturated heterocycles. The van der Waals surface area contributed by atoms with Crippen LogP contribution in [0.25, 0.3) is 0 Å². The van der Waals surface area contributed by atoms with E-state index in [1.165, 1.54) is 0 Å². The number of para-hydroxylation sites is 1. The summed E-state index contributed by atoms with van der Waals surface area (Å²) in [4.78, 5) is 12.1. The lowest BCUT2D eigenvalue weighted by Crippen LogP contribution is -2.36. The Kier molecular flexibility index (Phi) is 3.94. The zero-order valence-corrected chi connectivity index (χ0v) is 12.8. The SMILES string of the molecule is O=C(Nc1ccccc1Br)N[C@H]1c2ccccc2CC1O. The third-order valence-electron chi connectivity index (χ3n) is 3.61. The first-order chi connectivity index (χ1) is 10.1. The first kappa shape index (κ1) is 14.1. The second-order valence-corrected chi connectivity index (χ2v) is 5.88. The molecule has 5 heteroatoms. The van der Waals surface area contributed by atoms with Crippen molar-refractivity contribution in [3.05, 3.63) is 64.1 Å². The molecule has 0 saturated carbocycles. The summed E-state index contributed by atoms with van der Waals surface area (Å²) >= 11 is 3.38. The fraction of sp³-hybridized carbons (Fsp3) is 0.188. The number of urea groups is 1. The first-order valence-electron chi connectivity index (χ1n) is 6.73. The van der Waals surface area contributed by atoms with Gasteiger partial charge in [-0.1, -0.05) is 36.4 Å². The predicted octanol–water partition coefficient (Wildman–Crippen LogP) is 3.23. The minimum atomic E-state index is -0.590. The number of benzene rings is 2. The molecule has 21 heavy (non-hydrogen) atoms. The summed E-state index contributed by atoms with van der Waals surface area (Å²) in [7, 11) is 0. The van der Waals surface area contributed by atoms with E-state index in [0.29, 0.717) is 12.1 Å². The van der Waals surface area contributed by atoms with Gasteiger partial charge in [-0.05, 0) is 39.2 Å². The molecule has 2 aromatic carbocycles. The van der Waals surface area contributed by atoms with Crippen LogP contribution in [0.15, 0.2) is 53.0 Å². The fourth-order valence-electron chi connectivity index (χ4n) is 2.61. The number of anilines is 1. The van der Waals surface area contributed by atoms with E-state index >= 15 is 0 Å². The number of carbonyl (C=O) groups is 1. The normalized spacial score (nSPS) is 19.9. The van der Waals surface area contributed by atoms with Crippen LogP contribution in [0, 0.1) is 0 Å². The van der Waals surface area contributed by atoms with Gasteiger partial charge in [-0.3, -0.25) is 0 Å². The lowest BCUT2D eigenvalue weighted by molar-refractivity contribution is 0.144. The molecular formula is C16H15BrN2O2. The van der Waals surface area contributed by atoms with E-state index in [0.717, 1.165) is 15.6 Å². The highest BCUT2D eigenvalue weighted by Crippen LogP contribution is 2.31. The number of hydrogen-bond acceptors (Lipinski definition) is 2. The highest BCUT2D eigenvalue weighted by Gasteiger charge is 2.31. The Balaban J connectivity index is 1.72. The molecule has 3 N–H and O–H groups in total. The van der Waals surface area contributed by atoms with Crippen molar-refractivity contribution in [1.82, 2.24) is 5.32 Å². The Morgan fingerprint density at radius 3 is 2.67 bits per heavy atom. The summed E-state index contributed by atoms with van der Waals surface area (Å²) in [5, 5.41) is 15.7. The molecule has 0 aromatic heterocycles. The van der Waals surface area contributed by atoms with E-state index in [4.69, 9.17) is 0 Å². The molecule has 0 fully saturated rings. The number of nitrogens with one attached hydrogen (secondary N) is 2. The predicted molar refractivity (Wildman–Crippen MR) is 85.2 cm³/mol. The van der Waals surface area contributed by atoms with Crippen LogP contribution >= 0.6 is 15.9 Å². The second-order valence-electron chi connectivity index (χ2n) is 5.03. The van der Waals surface area contributed by atoms with E-state index in [9.17, 15) is 9.90 Å². The summed E-state index contributed by atoms with van der Waals surface area (Å²) in [6.45, 7) is 0. The van der Waals surface area contributed by atoms with Crippen molar-refractivity contribution in [3.8, 4) is 0 Å². The lowest BCUT2D eigenvalue weighted by atomic mass is 10.1. The molecule has 0 bridgehead atoms. The number of carbonyl (C=O) groups excluding carboxylic acids is 1. The summed E-state index contributed by atoms with van der Waals surface area (Å²) in [5.41, 5.74) is 2.75. The molecule has 1 aliphatic carbocycles. The van der Waals surface area contributed by atoms with E-state index in [-0.39, 0.29) is 12.1 Å². The van der Waals surface area contributed by atoms with Crippen molar-refractivity contribution in [2.24, 2.45) is 0 Å². The van der Waals surface area contributed by atoms with Crippen LogP contribution in [0.2, 0.25) is 0 Å². The van der Waals surface area contributed by atoms with E-state index in [1.807, 2.05) is 48.5 Å². The number of aliphatic hydroxyl groups is 1. The van der Waals surface area contributed by atoms with E-state index in [1.54, 1.807) is 0 Å². The van der Waals surface area contributed by atoms with Crippen molar-refractivity contribution in [3.63, 3.8) is 0 Å². The Labute approximate surface area is 131 Å². The Morgan fingerprint density at radius 2 is 1.86 bits per heavy atom. The highest BCUT2D eigenvalue weighted by molar-refractivity contribution is 9.10. The third-order valence-corrected chi connectivity index (χ3v) is 4.30. The quantitative estimate of drug-likeness (QED) is 0.781. The van der Waals surface area contributed by atoms with Crippen LogP contribution in [-0.4, -0.2) is 17.2 Å². The van der Waals surface area contributed by atoms with Gasteiger partial charge >= 0.3 is 6.03 Å². The average molecular weight is 347 g/mol. The van der Waals surface area contributed by atoms with Crippen LogP contribution in [0.3, 0.4) is 0 Å². The Morgan fingerprint density at radius 1 is 1.14 bits per heavy atom. The van der Waals surface area contributed by atoms with Gasteiger partial charge in [-0.25, -0.2) is 4.79 Å². The smallest absolute Gasteiger partial charge is 0.319 e. The molecular weight excluding hydrogens is 332 g/mol. The van der Waals surface area contributed by atoms with Gasteiger partial charge in [0.25, 0.3) is 0 Å². The highest BCUT2D eigenvalue weighted by atomic mass is 79.9. The van der Waals surface area contributed by atoms with Gasteiger partial charge in [-0.15, -0.1) is 0 Å². The number of amides is 2. The summed E-state index contributed by atoms with van der Waals surface area (Å²) in [6.07, 6.45) is -0.0248. The third kappa shape index (κ3) is 2.94. The largest absolute Gasteiger partial charge is 0.390 e. The molecule has 0 spiro atoms. The number of fused-ring (bicyclic) bond motifs is 1. The molecule has 108 valence electrons. The Hall–Kier alpha value is -1.85. The van der Waals surface area contributed by atoms with E-state index < -0.39 is 6.10 Å². The number of halogens is 1. The second kappa shape index (κ2) is 5.87. The summed E-state index contributed by atoms with van der Waals surface area (Å²) in [5.74, 6) is 0. The van der Waals surface area contributed by atoms with Gasteiger partial charge in [0, 0.05) is 10.9 Å². The standard InChI is InChI=1S/C16H15BrN2O2/c17-12-7-3-4-8-13(12)18-16(21)19-15-11-6-2-1-5-10(11)9-14(15)20/h1-8,14-15,20H,9H2,(H2,18,19,21)/t14?,15-/m0/s1. The van der Waals surface area contributed by atoms with Crippen molar-refractivity contribution in [2.45, 2.75) is 18.6 Å². The van der Waals surface area contributed by atoms with Crippen molar-refractivity contribution < 1.29 is 9.90 Å². The number of rotatable bonds is 2. The van der Waals surface area contributed by atoms with Gasteiger partial charge in [0.05, 0.1) is 17.8 Å². The fourth-order valence-corrected chi connectivity index (χ4v) is 2.99. The summed E-state index contributed by atoms with van der Waals surface area (Å²) in [6, 6.07) is 14.5. The Bertz CT molecular complexity index is 675. The van der Waals surface area contributed by atoms with Crippen LogP contribution in [0.1, 0.15) is 17.2 Å². The average Bonchev–Trinajstić information content (AvgIpc) is 2.78. The van der Waals surface area contributed by atoms with Crippen molar-refractivity contribution in [1.29, 1.82) is 0 Å². The van der Waals surface area contributed by atoms with Crippen molar-refractivity contribution in [2.75, 3.05) is 5.32 Å². The first-order valence-corrected chi connectivity index (χ1v) is 7.52. The maximum atomic E-state index is 12.1. The van der Waals surface area contributed by atoms with E-state index in [2.05, 4.69) is 26.6 Å². The molecule has 0 radical (unpaired) electrons. The van der Waals surface area contributed by atoms with Crippen molar-refractivity contribution >= 4 is 27.6 Å². The molecule has 1 aliphatic rings. The van der Waals surface area contributed by atoms with Crippen LogP contribution in [-0.2, 0) is 6.42 Å². The monoisotopic (exact) mass is 346 g/mol. The van der Waals surface area contributed by atoms with Gasteiger partial charge in [0.1, 0.15) is 0 Å². The lowest BCUT2D eigenvalue weighted by Gasteiger charge is -2.18. The van der Waals surface area contributed by atoms with Crippen LogP contribution in [0.4, 0.5) is 10.5 Å². The molecule has 0 aliphatic heterocycles. The molecule has 2 atom stereocenters. The molecule has 2 amide bonds. The zero-order valence-electron chi connectivity index (χ0n) is 11.2. The van der Waals surface area contributed by atoms with Crippen LogP contribution < -0.4 is 10.6 Å². The van der Waals surface area contributed by atoms with Gasteiger partial charge in [-0.2, -0.15) is 0 Å². The molecule has 2 aromatic rings. The minimum Gasteiger partial charge on any atom is -0.390 e. The number of aliphatic hydroxyl groups excluding tert-OH is 1. The molecule has 0 heterocycles. The maximum absolute atomic E-state index is 12.1. The molecule has 1 unspecified atom stereocenters. The minimum absolute atomic E-state index is 0.331. The van der Waals surface area contributed by atoms with Gasteiger partial charge in [0.15, 0.2) is 0 Å². The number of hydrogen-bond donors (Lipinski definition) is 3. The zero-order chi connectivity index (χ0) is 14.8. The van der Waals surface area contributed by atoms with Crippen LogP contribution in [0.5, 0.6) is 0 Å². The van der Waals surface area contributed by atoms with Gasteiger partial charge < -0.3 is 15.7 Å². The maximum Gasteiger partial charge on any atom is 0.319 e. The molecule has 4 nitrogen and oxygen atoms in total. The summed E-state index contributed by atoms with van der Waals surface area (Å²) < 4.78 is 0.813. The topological polar surface area (TPSA) is 61.4 Å².